The van der Waals surface area contributed by atoms with Crippen molar-refractivity contribution < 1.29 is 9.47 Å². The fourth-order valence-corrected chi connectivity index (χ4v) is 4.02. The number of ether oxygens (including phenoxy) is 2. The number of aromatic nitrogens is 1. The minimum absolute atomic E-state index is 0. The SMILES string of the molecule is CCNC(=NCCCCc1nc(C)cs1)N1CCC(OCCCOC)CC1.I. The van der Waals surface area contributed by atoms with E-state index in [9.17, 15) is 0 Å². The van der Waals surface area contributed by atoms with Crippen molar-refractivity contribution in [3.8, 4) is 0 Å². The topological polar surface area (TPSA) is 59.0 Å². The lowest BCUT2D eigenvalue weighted by Gasteiger charge is -2.34. The second-order valence-corrected chi connectivity index (χ2v) is 7.92. The van der Waals surface area contributed by atoms with E-state index in [1.165, 1.54) is 5.01 Å². The maximum atomic E-state index is 5.96. The summed E-state index contributed by atoms with van der Waals surface area (Å²) >= 11 is 1.77. The number of guanidine groups is 1. The number of likely N-dealkylation sites (tertiary alicyclic amines) is 1. The maximum Gasteiger partial charge on any atom is 0.193 e. The van der Waals surface area contributed by atoms with Crippen LogP contribution in [0.5, 0.6) is 0 Å². The van der Waals surface area contributed by atoms with E-state index < -0.39 is 0 Å². The van der Waals surface area contributed by atoms with E-state index in [-0.39, 0.29) is 24.0 Å². The summed E-state index contributed by atoms with van der Waals surface area (Å²) in [4.78, 5) is 11.7. The van der Waals surface area contributed by atoms with Crippen LogP contribution < -0.4 is 5.32 Å². The van der Waals surface area contributed by atoms with Crippen LogP contribution in [-0.2, 0) is 15.9 Å². The van der Waals surface area contributed by atoms with Gasteiger partial charge in [-0.3, -0.25) is 4.99 Å². The predicted molar refractivity (Wildman–Crippen MR) is 128 cm³/mol. The van der Waals surface area contributed by atoms with Crippen molar-refractivity contribution in [3.05, 3.63) is 16.1 Å². The number of hydrogen-bond donors (Lipinski definition) is 1. The van der Waals surface area contributed by atoms with Crippen molar-refractivity contribution in [2.24, 2.45) is 4.99 Å². The summed E-state index contributed by atoms with van der Waals surface area (Å²) < 4.78 is 11.0. The molecule has 1 saturated heterocycles. The summed E-state index contributed by atoms with van der Waals surface area (Å²) in [5.74, 6) is 1.06. The number of halogens is 1. The molecular formula is C20H37IN4O2S. The molecule has 8 heteroatoms. The molecule has 162 valence electrons. The van der Waals surface area contributed by atoms with Crippen LogP contribution in [0.25, 0.3) is 0 Å². The minimum Gasteiger partial charge on any atom is -0.385 e. The molecule has 0 amide bonds. The largest absolute Gasteiger partial charge is 0.385 e. The Morgan fingerprint density at radius 1 is 1.29 bits per heavy atom. The van der Waals surface area contributed by atoms with Gasteiger partial charge in [0, 0.05) is 57.6 Å². The van der Waals surface area contributed by atoms with Crippen molar-refractivity contribution in [3.63, 3.8) is 0 Å². The highest BCUT2D eigenvalue weighted by molar-refractivity contribution is 14.0. The molecule has 1 N–H and O–H groups in total. The molecule has 1 aliphatic rings. The number of nitrogens with zero attached hydrogens (tertiary/aromatic N) is 3. The smallest absolute Gasteiger partial charge is 0.193 e. The molecule has 0 atom stereocenters. The zero-order chi connectivity index (χ0) is 19.3. The van der Waals surface area contributed by atoms with Gasteiger partial charge in [-0.2, -0.15) is 0 Å². The van der Waals surface area contributed by atoms with Crippen LogP contribution in [0.15, 0.2) is 10.4 Å². The molecule has 1 aromatic rings. The molecule has 1 aliphatic heterocycles. The molecule has 2 heterocycles. The lowest BCUT2D eigenvalue weighted by Crippen LogP contribution is -2.47. The number of aliphatic imine (C=N–C) groups is 1. The van der Waals surface area contributed by atoms with Crippen LogP contribution >= 0.6 is 35.3 Å². The van der Waals surface area contributed by atoms with Gasteiger partial charge in [-0.15, -0.1) is 35.3 Å². The van der Waals surface area contributed by atoms with Gasteiger partial charge in [0.1, 0.15) is 0 Å². The molecule has 0 unspecified atom stereocenters. The summed E-state index contributed by atoms with van der Waals surface area (Å²) in [6.07, 6.45) is 6.81. The van der Waals surface area contributed by atoms with Crippen LogP contribution in [0.3, 0.4) is 0 Å². The Morgan fingerprint density at radius 3 is 2.71 bits per heavy atom. The normalized spacial score (nSPS) is 15.5. The third-order valence-electron chi connectivity index (χ3n) is 4.65. The van der Waals surface area contributed by atoms with E-state index in [0.29, 0.717) is 6.10 Å². The first-order chi connectivity index (χ1) is 13.2. The molecule has 0 bridgehead atoms. The predicted octanol–water partition coefficient (Wildman–Crippen LogP) is 3.88. The zero-order valence-corrected chi connectivity index (χ0v) is 20.8. The number of nitrogens with one attached hydrogen (secondary N) is 1. The fourth-order valence-electron chi connectivity index (χ4n) is 3.20. The maximum absolute atomic E-state index is 5.96. The third-order valence-corrected chi connectivity index (χ3v) is 5.68. The number of aryl methyl sites for hydroxylation is 2. The lowest BCUT2D eigenvalue weighted by molar-refractivity contribution is 0.00990. The van der Waals surface area contributed by atoms with E-state index in [0.717, 1.165) is 89.6 Å². The van der Waals surface area contributed by atoms with Crippen molar-refractivity contribution in [1.82, 2.24) is 15.2 Å². The highest BCUT2D eigenvalue weighted by Gasteiger charge is 2.21. The van der Waals surface area contributed by atoms with E-state index in [1.807, 2.05) is 0 Å². The Labute approximate surface area is 191 Å². The summed E-state index contributed by atoms with van der Waals surface area (Å²) in [5, 5.41) is 6.82. The molecule has 28 heavy (non-hydrogen) atoms. The fraction of sp³-hybridized carbons (Fsp3) is 0.800. The van der Waals surface area contributed by atoms with Crippen LogP contribution in [0.4, 0.5) is 0 Å². The average molecular weight is 525 g/mol. The van der Waals surface area contributed by atoms with Gasteiger partial charge in [-0.05, 0) is 52.4 Å². The van der Waals surface area contributed by atoms with Crippen molar-refractivity contribution in [2.75, 3.05) is 46.5 Å². The third kappa shape index (κ3) is 9.84. The summed E-state index contributed by atoms with van der Waals surface area (Å²) in [6, 6.07) is 0. The molecule has 2 rings (SSSR count). The number of piperidine rings is 1. The number of hydrogen-bond acceptors (Lipinski definition) is 5. The summed E-state index contributed by atoms with van der Waals surface area (Å²) in [5.41, 5.74) is 1.13. The van der Waals surface area contributed by atoms with Crippen molar-refractivity contribution in [1.29, 1.82) is 0 Å². The number of thiazole rings is 1. The van der Waals surface area contributed by atoms with E-state index in [1.54, 1.807) is 18.4 Å². The van der Waals surface area contributed by atoms with E-state index in [4.69, 9.17) is 14.5 Å². The second-order valence-electron chi connectivity index (χ2n) is 6.98. The van der Waals surface area contributed by atoms with Crippen LogP contribution in [0.1, 0.15) is 49.7 Å². The van der Waals surface area contributed by atoms with E-state index in [2.05, 4.69) is 34.4 Å². The molecule has 0 aromatic carbocycles. The number of methoxy groups -OCH3 is 1. The van der Waals surface area contributed by atoms with Crippen LogP contribution in [-0.4, -0.2) is 68.4 Å². The molecule has 6 nitrogen and oxygen atoms in total. The van der Waals surface area contributed by atoms with Gasteiger partial charge in [0.2, 0.25) is 0 Å². The Bertz CT molecular complexity index is 548. The quantitative estimate of drug-likeness (QED) is 0.206. The lowest BCUT2D eigenvalue weighted by atomic mass is 10.1. The molecule has 0 aliphatic carbocycles. The van der Waals surface area contributed by atoms with Crippen LogP contribution in [0.2, 0.25) is 0 Å². The Kier molecular flexibility index (Phi) is 14.1. The van der Waals surface area contributed by atoms with Crippen molar-refractivity contribution in [2.45, 2.75) is 58.5 Å². The molecule has 0 saturated carbocycles. The minimum atomic E-state index is 0. The van der Waals surface area contributed by atoms with Gasteiger partial charge < -0.3 is 19.7 Å². The van der Waals surface area contributed by atoms with Gasteiger partial charge >= 0.3 is 0 Å². The van der Waals surface area contributed by atoms with E-state index >= 15 is 0 Å². The van der Waals surface area contributed by atoms with Crippen molar-refractivity contribution >= 4 is 41.3 Å². The van der Waals surface area contributed by atoms with Gasteiger partial charge in [0.25, 0.3) is 0 Å². The molecule has 1 fully saturated rings. The first-order valence-corrected chi connectivity index (χ1v) is 11.2. The Morgan fingerprint density at radius 2 is 2.07 bits per heavy atom. The molecule has 1 aromatic heterocycles. The second kappa shape index (κ2) is 15.4. The van der Waals surface area contributed by atoms with Gasteiger partial charge in [0.05, 0.1) is 11.1 Å². The van der Waals surface area contributed by atoms with Gasteiger partial charge in [-0.1, -0.05) is 0 Å². The highest BCUT2D eigenvalue weighted by Crippen LogP contribution is 2.15. The van der Waals surface area contributed by atoms with Gasteiger partial charge in [-0.25, -0.2) is 4.98 Å². The van der Waals surface area contributed by atoms with Gasteiger partial charge in [0.15, 0.2) is 5.96 Å². The Hall–Kier alpha value is -0.450. The summed E-state index contributed by atoms with van der Waals surface area (Å²) in [7, 11) is 1.74. The zero-order valence-electron chi connectivity index (χ0n) is 17.6. The van der Waals surface area contributed by atoms with Crippen LogP contribution in [0, 0.1) is 6.92 Å². The molecule has 0 radical (unpaired) electrons. The standard InChI is InChI=1S/C20H36N4O2S.HI/c1-4-21-20(22-11-6-5-8-19-23-17(2)16-27-19)24-12-9-18(10-13-24)26-15-7-14-25-3;/h16,18H,4-15H2,1-3H3,(H,21,22);1H. The average Bonchev–Trinajstić information content (AvgIpc) is 3.10. The Balaban J connectivity index is 0.00000392. The highest BCUT2D eigenvalue weighted by atomic mass is 127. The summed E-state index contributed by atoms with van der Waals surface area (Å²) in [6.45, 7) is 9.57. The monoisotopic (exact) mass is 524 g/mol. The number of unbranched alkanes of at least 4 members (excludes halogenated alkanes) is 1. The molecular weight excluding hydrogens is 487 g/mol. The number of rotatable bonds is 11. The molecule has 0 spiro atoms. The first-order valence-electron chi connectivity index (χ1n) is 10.3. The first kappa shape index (κ1) is 25.6.